The molecule has 2 N–H and O–H groups in total. The lowest BCUT2D eigenvalue weighted by atomic mass is 10.0. The summed E-state index contributed by atoms with van der Waals surface area (Å²) in [6, 6.07) is 12.0. The van der Waals surface area contributed by atoms with E-state index in [9.17, 15) is 14.4 Å². The smallest absolute Gasteiger partial charge is 0.248 e. The first-order valence-electron chi connectivity index (χ1n) is 12.7. The molecule has 1 aliphatic carbocycles. The molecule has 37 heavy (non-hydrogen) atoms. The molecular weight excluding hydrogens is 466 g/mol. The van der Waals surface area contributed by atoms with Crippen LogP contribution in [0.5, 0.6) is 0 Å². The molecule has 0 bridgehead atoms. The summed E-state index contributed by atoms with van der Waals surface area (Å²) in [7, 11) is 0. The van der Waals surface area contributed by atoms with E-state index in [4.69, 9.17) is 0 Å². The maximum absolute atomic E-state index is 13.8. The van der Waals surface area contributed by atoms with Gasteiger partial charge in [0.05, 0.1) is 11.9 Å². The van der Waals surface area contributed by atoms with Gasteiger partial charge in [-0.1, -0.05) is 18.9 Å². The van der Waals surface area contributed by atoms with Crippen molar-refractivity contribution in [3.8, 4) is 0 Å². The minimum absolute atomic E-state index is 0.0255. The highest BCUT2D eigenvalue weighted by atomic mass is 16.2. The van der Waals surface area contributed by atoms with Crippen LogP contribution in [0.25, 0.3) is 0 Å². The Bertz CT molecular complexity index is 1210. The average Bonchev–Trinajstić information content (AvgIpc) is 3.39. The fourth-order valence-corrected chi connectivity index (χ4v) is 4.84. The van der Waals surface area contributed by atoms with Gasteiger partial charge in [0.15, 0.2) is 0 Å². The Labute approximate surface area is 217 Å². The predicted octanol–water partition coefficient (Wildman–Crippen LogP) is 4.65. The molecule has 1 aromatic carbocycles. The van der Waals surface area contributed by atoms with E-state index < -0.39 is 6.04 Å². The Hall–Kier alpha value is -4.07. The molecule has 0 spiro atoms. The molecule has 0 radical (unpaired) electrons. The first-order valence-corrected chi connectivity index (χ1v) is 12.7. The predicted molar refractivity (Wildman–Crippen MR) is 143 cm³/mol. The van der Waals surface area contributed by atoms with Gasteiger partial charge in [0.1, 0.15) is 6.04 Å². The molecule has 192 valence electrons. The number of nitrogens with one attached hydrogen (secondary N) is 2. The zero-order valence-electron chi connectivity index (χ0n) is 21.3. The van der Waals surface area contributed by atoms with Crippen molar-refractivity contribution in [1.82, 2.24) is 15.3 Å². The van der Waals surface area contributed by atoms with Crippen LogP contribution in [0.2, 0.25) is 0 Å². The Morgan fingerprint density at radius 1 is 0.946 bits per heavy atom. The maximum atomic E-state index is 13.8. The summed E-state index contributed by atoms with van der Waals surface area (Å²) in [5.74, 6) is -0.835. The third-order valence-electron chi connectivity index (χ3n) is 6.49. The molecule has 1 unspecified atom stereocenters. The van der Waals surface area contributed by atoms with Gasteiger partial charge in [-0.05, 0) is 79.8 Å². The van der Waals surface area contributed by atoms with E-state index in [1.165, 1.54) is 4.90 Å². The van der Waals surface area contributed by atoms with Gasteiger partial charge in [0, 0.05) is 43.2 Å². The van der Waals surface area contributed by atoms with Crippen molar-refractivity contribution in [3.63, 3.8) is 0 Å². The number of carbonyl (C=O) groups excluding carboxylic acids is 3. The standard InChI is InChI=1S/C29H33N5O3/c1-20-16-21(2)18-25(17-20)34(27(36)10-9-26(35)32-24-8-5-13-31-19-24)28(22-11-14-30-15-12-22)29(37)33-23-6-3-4-7-23/h5,8,11-19,23,28H,3-4,6-7,9-10H2,1-2H3,(H,32,35)(H,33,37). The van der Waals surface area contributed by atoms with Crippen LogP contribution in [0.3, 0.4) is 0 Å². The number of aromatic nitrogens is 2. The van der Waals surface area contributed by atoms with Crippen molar-refractivity contribution in [2.75, 3.05) is 10.2 Å². The number of nitrogens with zero attached hydrogens (tertiary/aromatic N) is 3. The summed E-state index contributed by atoms with van der Waals surface area (Å²) in [5.41, 5.74) is 3.81. The van der Waals surface area contributed by atoms with Gasteiger partial charge < -0.3 is 10.6 Å². The number of rotatable bonds is 9. The molecular formula is C29H33N5O3. The summed E-state index contributed by atoms with van der Waals surface area (Å²) < 4.78 is 0. The van der Waals surface area contributed by atoms with Crippen molar-refractivity contribution in [2.24, 2.45) is 0 Å². The minimum Gasteiger partial charge on any atom is -0.351 e. The van der Waals surface area contributed by atoms with Crippen LogP contribution < -0.4 is 15.5 Å². The van der Waals surface area contributed by atoms with Gasteiger partial charge in [-0.3, -0.25) is 29.3 Å². The highest BCUT2D eigenvalue weighted by Gasteiger charge is 2.34. The SMILES string of the molecule is Cc1cc(C)cc(N(C(=O)CCC(=O)Nc2cccnc2)C(C(=O)NC2CCCC2)c2ccncc2)c1. The van der Waals surface area contributed by atoms with Crippen molar-refractivity contribution < 1.29 is 14.4 Å². The number of aryl methyl sites for hydroxylation is 2. The number of hydrogen-bond donors (Lipinski definition) is 2. The lowest BCUT2D eigenvalue weighted by molar-refractivity contribution is -0.127. The molecule has 0 saturated heterocycles. The highest BCUT2D eigenvalue weighted by molar-refractivity contribution is 6.03. The first kappa shape index (κ1) is 26.0. The van der Waals surface area contributed by atoms with E-state index in [1.807, 2.05) is 32.0 Å². The van der Waals surface area contributed by atoms with Gasteiger partial charge >= 0.3 is 0 Å². The molecule has 2 aromatic heterocycles. The molecule has 1 aliphatic rings. The Morgan fingerprint density at radius 3 is 2.30 bits per heavy atom. The molecule has 3 amide bonds. The Kier molecular flexibility index (Phi) is 8.61. The Balaban J connectivity index is 1.64. The van der Waals surface area contributed by atoms with E-state index >= 15 is 0 Å². The number of benzene rings is 1. The minimum atomic E-state index is -0.890. The van der Waals surface area contributed by atoms with Crippen LogP contribution in [0.1, 0.15) is 61.3 Å². The van der Waals surface area contributed by atoms with Crippen LogP contribution >= 0.6 is 0 Å². The largest absolute Gasteiger partial charge is 0.351 e. The van der Waals surface area contributed by atoms with E-state index in [-0.39, 0.29) is 36.6 Å². The molecule has 8 heteroatoms. The second kappa shape index (κ2) is 12.3. The second-order valence-corrected chi connectivity index (χ2v) is 9.57. The van der Waals surface area contributed by atoms with Crippen molar-refractivity contribution in [2.45, 2.75) is 64.5 Å². The van der Waals surface area contributed by atoms with E-state index in [2.05, 4.69) is 20.6 Å². The second-order valence-electron chi connectivity index (χ2n) is 9.57. The number of anilines is 2. The molecule has 8 nitrogen and oxygen atoms in total. The highest BCUT2D eigenvalue weighted by Crippen LogP contribution is 2.31. The molecule has 1 fully saturated rings. The summed E-state index contributed by atoms with van der Waals surface area (Å²) in [6.07, 6.45) is 10.4. The van der Waals surface area contributed by atoms with E-state index in [0.29, 0.717) is 16.9 Å². The van der Waals surface area contributed by atoms with Gasteiger partial charge in [-0.2, -0.15) is 0 Å². The lowest BCUT2D eigenvalue weighted by Crippen LogP contribution is -2.46. The van der Waals surface area contributed by atoms with Crippen LogP contribution in [0.15, 0.2) is 67.3 Å². The van der Waals surface area contributed by atoms with Crippen molar-refractivity contribution >= 4 is 29.1 Å². The van der Waals surface area contributed by atoms with Crippen molar-refractivity contribution in [1.29, 1.82) is 0 Å². The molecule has 1 atom stereocenters. The van der Waals surface area contributed by atoms with Crippen molar-refractivity contribution in [3.05, 3.63) is 83.9 Å². The number of amides is 3. The lowest BCUT2D eigenvalue weighted by Gasteiger charge is -2.33. The number of carbonyl (C=O) groups is 3. The summed E-state index contributed by atoms with van der Waals surface area (Å²) in [6.45, 7) is 3.92. The third kappa shape index (κ3) is 7.00. The molecule has 3 aromatic rings. The molecule has 4 rings (SSSR count). The fraction of sp³-hybridized carbons (Fsp3) is 0.345. The maximum Gasteiger partial charge on any atom is 0.248 e. The summed E-state index contributed by atoms with van der Waals surface area (Å²) in [4.78, 5) is 49.8. The number of hydrogen-bond acceptors (Lipinski definition) is 5. The Morgan fingerprint density at radius 2 is 1.65 bits per heavy atom. The van der Waals surface area contributed by atoms with Gasteiger partial charge in [-0.25, -0.2) is 0 Å². The summed E-state index contributed by atoms with van der Waals surface area (Å²) >= 11 is 0. The third-order valence-corrected chi connectivity index (χ3v) is 6.49. The monoisotopic (exact) mass is 499 g/mol. The summed E-state index contributed by atoms with van der Waals surface area (Å²) in [5, 5.41) is 5.94. The zero-order valence-corrected chi connectivity index (χ0v) is 21.3. The molecule has 2 heterocycles. The van der Waals surface area contributed by atoms with E-state index in [0.717, 1.165) is 36.8 Å². The van der Waals surface area contributed by atoms with Crippen LogP contribution in [-0.2, 0) is 14.4 Å². The van der Waals surface area contributed by atoms with Crippen LogP contribution in [0.4, 0.5) is 11.4 Å². The normalized spacial score (nSPS) is 14.1. The topological polar surface area (TPSA) is 104 Å². The van der Waals surface area contributed by atoms with E-state index in [1.54, 1.807) is 49.1 Å². The molecule has 1 saturated carbocycles. The van der Waals surface area contributed by atoms with Gasteiger partial charge in [0.2, 0.25) is 17.7 Å². The van der Waals surface area contributed by atoms with Gasteiger partial charge in [0.25, 0.3) is 0 Å². The quantitative estimate of drug-likeness (QED) is 0.446. The zero-order chi connectivity index (χ0) is 26.2. The van der Waals surface area contributed by atoms with Gasteiger partial charge in [-0.15, -0.1) is 0 Å². The number of pyridine rings is 2. The fourth-order valence-electron chi connectivity index (χ4n) is 4.84. The van der Waals surface area contributed by atoms with Crippen LogP contribution in [0, 0.1) is 13.8 Å². The average molecular weight is 500 g/mol. The first-order chi connectivity index (χ1) is 17.9. The van der Waals surface area contributed by atoms with Crippen LogP contribution in [-0.4, -0.2) is 33.7 Å². The molecule has 0 aliphatic heterocycles.